The number of alkyl halides is 3. The number of ether oxygens (including phenoxy) is 1. The first-order valence-electron chi connectivity index (χ1n) is 6.44. The average Bonchev–Trinajstić information content (AvgIpc) is 2.33. The largest absolute Gasteiger partial charge is 0.481 e. The summed E-state index contributed by atoms with van der Waals surface area (Å²) >= 11 is 0.676. The molecule has 5 nitrogen and oxygen atoms in total. The number of amides is 1. The van der Waals surface area contributed by atoms with Crippen molar-refractivity contribution in [3.63, 3.8) is 0 Å². The number of carboxylic acids is 1. The Morgan fingerprint density at radius 3 is 2.35 bits per heavy atom. The Hall–Kier alpha value is -1.90. The molecule has 0 unspecified atom stereocenters. The highest BCUT2D eigenvalue weighted by atomic mass is 32.2. The van der Waals surface area contributed by atoms with E-state index in [1.165, 1.54) is 0 Å². The van der Waals surface area contributed by atoms with Gasteiger partial charge in [-0.05, 0) is 39.0 Å². The number of halogens is 3. The Labute approximate surface area is 135 Å². The third kappa shape index (κ3) is 6.81. The lowest BCUT2D eigenvalue weighted by molar-refractivity contribution is -0.137. The number of carbonyl (C=O) groups is 2. The third-order valence-electron chi connectivity index (χ3n) is 2.30. The van der Waals surface area contributed by atoms with Gasteiger partial charge in [-0.15, -0.1) is 11.8 Å². The second kappa shape index (κ2) is 7.12. The van der Waals surface area contributed by atoms with Crippen LogP contribution in [-0.4, -0.2) is 28.5 Å². The number of hydrogen-bond donors (Lipinski definition) is 2. The van der Waals surface area contributed by atoms with Gasteiger partial charge in [-0.25, -0.2) is 4.79 Å². The van der Waals surface area contributed by atoms with Crippen molar-refractivity contribution in [1.29, 1.82) is 0 Å². The maximum absolute atomic E-state index is 12.7. The molecule has 0 aliphatic carbocycles. The normalized spacial score (nSPS) is 11.9. The van der Waals surface area contributed by atoms with E-state index in [-0.39, 0.29) is 10.6 Å². The molecule has 0 aromatic heterocycles. The lowest BCUT2D eigenvalue weighted by Crippen LogP contribution is -2.27. The van der Waals surface area contributed by atoms with E-state index in [4.69, 9.17) is 9.84 Å². The zero-order valence-corrected chi connectivity index (χ0v) is 13.5. The highest BCUT2D eigenvalue weighted by Gasteiger charge is 2.31. The topological polar surface area (TPSA) is 75.6 Å². The van der Waals surface area contributed by atoms with Crippen LogP contribution in [0.3, 0.4) is 0 Å². The Morgan fingerprint density at radius 2 is 1.87 bits per heavy atom. The van der Waals surface area contributed by atoms with Gasteiger partial charge in [0.25, 0.3) is 0 Å². The highest BCUT2D eigenvalue weighted by Crippen LogP contribution is 2.36. The lowest BCUT2D eigenvalue weighted by Gasteiger charge is -2.20. The molecule has 0 heterocycles. The molecule has 0 saturated carbocycles. The number of carboxylic acid groups (broad SMARTS) is 1. The van der Waals surface area contributed by atoms with E-state index in [1.54, 1.807) is 20.8 Å². The molecule has 0 spiro atoms. The molecule has 1 rings (SSSR count). The molecule has 0 fully saturated rings. The molecule has 128 valence electrons. The molecular weight excluding hydrogens is 335 g/mol. The van der Waals surface area contributed by atoms with Crippen LogP contribution < -0.4 is 5.32 Å². The van der Waals surface area contributed by atoms with E-state index in [0.29, 0.717) is 11.8 Å². The van der Waals surface area contributed by atoms with Gasteiger partial charge in [0, 0.05) is 4.90 Å². The van der Waals surface area contributed by atoms with Crippen LogP contribution in [-0.2, 0) is 15.7 Å². The van der Waals surface area contributed by atoms with Gasteiger partial charge in [0.05, 0.1) is 17.0 Å². The molecule has 0 radical (unpaired) electrons. The van der Waals surface area contributed by atoms with Crippen LogP contribution in [0, 0.1) is 0 Å². The van der Waals surface area contributed by atoms with Crippen LogP contribution in [0.2, 0.25) is 0 Å². The maximum atomic E-state index is 12.7. The average molecular weight is 351 g/mol. The van der Waals surface area contributed by atoms with Crippen LogP contribution in [0.15, 0.2) is 23.1 Å². The molecule has 1 aromatic rings. The predicted molar refractivity (Wildman–Crippen MR) is 79.7 cm³/mol. The third-order valence-corrected chi connectivity index (χ3v) is 3.34. The number of aliphatic carboxylic acids is 1. The van der Waals surface area contributed by atoms with Gasteiger partial charge in [-0.2, -0.15) is 13.2 Å². The molecule has 0 aliphatic rings. The maximum Gasteiger partial charge on any atom is 0.416 e. The number of nitrogens with one attached hydrogen (secondary N) is 1. The molecule has 0 bridgehead atoms. The van der Waals surface area contributed by atoms with Gasteiger partial charge < -0.3 is 9.84 Å². The second-order valence-corrected chi connectivity index (χ2v) is 6.54. The molecule has 2 N–H and O–H groups in total. The minimum atomic E-state index is -4.57. The summed E-state index contributed by atoms with van der Waals surface area (Å²) in [7, 11) is 0. The molecule has 0 aliphatic heterocycles. The predicted octanol–water partition coefficient (Wildman–Crippen LogP) is 4.23. The number of carbonyl (C=O) groups excluding carboxylic acids is 1. The summed E-state index contributed by atoms with van der Waals surface area (Å²) in [5, 5.41) is 11.0. The SMILES string of the molecule is CC(C)(C)OC(=O)Nc1ccc(C(F)(F)F)cc1SCC(=O)O. The fourth-order valence-corrected chi connectivity index (χ4v) is 2.24. The van der Waals surface area contributed by atoms with Crippen LogP contribution in [0.5, 0.6) is 0 Å². The van der Waals surface area contributed by atoms with E-state index in [2.05, 4.69) is 5.32 Å². The first-order chi connectivity index (χ1) is 10.4. The Balaban J connectivity index is 3.04. The van der Waals surface area contributed by atoms with E-state index < -0.39 is 35.2 Å². The number of hydrogen-bond acceptors (Lipinski definition) is 4. The number of benzene rings is 1. The fourth-order valence-electron chi connectivity index (χ4n) is 1.47. The summed E-state index contributed by atoms with van der Waals surface area (Å²) in [5.41, 5.74) is -1.65. The standard InChI is InChI=1S/C14H16F3NO4S/c1-13(2,3)22-12(21)18-9-5-4-8(14(15,16)17)6-10(9)23-7-11(19)20/h4-6H,7H2,1-3H3,(H,18,21)(H,19,20). The molecule has 23 heavy (non-hydrogen) atoms. The van der Waals surface area contributed by atoms with Gasteiger partial charge in [-0.1, -0.05) is 0 Å². The smallest absolute Gasteiger partial charge is 0.416 e. The van der Waals surface area contributed by atoms with Gasteiger partial charge in [-0.3, -0.25) is 10.1 Å². The Bertz CT molecular complexity index is 597. The van der Waals surface area contributed by atoms with Crippen molar-refractivity contribution in [3.8, 4) is 0 Å². The van der Waals surface area contributed by atoms with E-state index in [0.717, 1.165) is 18.2 Å². The zero-order valence-electron chi connectivity index (χ0n) is 12.7. The van der Waals surface area contributed by atoms with Crippen LogP contribution in [0.25, 0.3) is 0 Å². The Morgan fingerprint density at radius 1 is 1.26 bits per heavy atom. The number of thioether (sulfide) groups is 1. The van der Waals surface area contributed by atoms with Gasteiger partial charge >= 0.3 is 18.2 Å². The van der Waals surface area contributed by atoms with Crippen LogP contribution in [0.4, 0.5) is 23.7 Å². The van der Waals surface area contributed by atoms with E-state index >= 15 is 0 Å². The van der Waals surface area contributed by atoms with Gasteiger partial charge in [0.15, 0.2) is 0 Å². The summed E-state index contributed by atoms with van der Waals surface area (Å²) in [6.45, 7) is 4.91. The summed E-state index contributed by atoms with van der Waals surface area (Å²) in [6, 6.07) is 2.66. The van der Waals surface area contributed by atoms with E-state index in [1.807, 2.05) is 0 Å². The highest BCUT2D eigenvalue weighted by molar-refractivity contribution is 8.00. The van der Waals surface area contributed by atoms with Crippen molar-refractivity contribution in [3.05, 3.63) is 23.8 Å². The van der Waals surface area contributed by atoms with Gasteiger partial charge in [0.2, 0.25) is 0 Å². The minimum Gasteiger partial charge on any atom is -0.481 e. The number of anilines is 1. The monoisotopic (exact) mass is 351 g/mol. The summed E-state index contributed by atoms with van der Waals surface area (Å²) in [4.78, 5) is 22.3. The Kier molecular flexibility index (Phi) is 5.92. The van der Waals surface area contributed by atoms with Crippen molar-refractivity contribution in [1.82, 2.24) is 0 Å². The summed E-state index contributed by atoms with van der Waals surface area (Å²) < 4.78 is 43.3. The van der Waals surface area contributed by atoms with Crippen LogP contribution >= 0.6 is 11.8 Å². The van der Waals surface area contributed by atoms with E-state index in [9.17, 15) is 22.8 Å². The van der Waals surface area contributed by atoms with Crippen molar-refractivity contribution in [2.45, 2.75) is 37.4 Å². The van der Waals surface area contributed by atoms with Crippen LogP contribution in [0.1, 0.15) is 26.3 Å². The quantitative estimate of drug-likeness (QED) is 0.794. The molecule has 9 heteroatoms. The lowest BCUT2D eigenvalue weighted by atomic mass is 10.2. The minimum absolute atomic E-state index is 0.00640. The molecular formula is C14H16F3NO4S. The van der Waals surface area contributed by atoms with Gasteiger partial charge in [0.1, 0.15) is 5.60 Å². The summed E-state index contributed by atoms with van der Waals surface area (Å²) in [6.07, 6.45) is -5.40. The molecule has 1 amide bonds. The molecule has 0 saturated heterocycles. The molecule has 0 atom stereocenters. The first-order valence-corrected chi connectivity index (χ1v) is 7.43. The zero-order chi connectivity index (χ0) is 17.8. The number of rotatable bonds is 4. The van der Waals surface area contributed by atoms with Crippen molar-refractivity contribution in [2.75, 3.05) is 11.1 Å². The van der Waals surface area contributed by atoms with Crippen molar-refractivity contribution >= 4 is 29.5 Å². The van der Waals surface area contributed by atoms with Crippen molar-refractivity contribution < 1.29 is 32.6 Å². The fraction of sp³-hybridized carbons (Fsp3) is 0.429. The second-order valence-electron chi connectivity index (χ2n) is 5.52. The first kappa shape index (κ1) is 19.1. The molecule has 1 aromatic carbocycles. The summed E-state index contributed by atoms with van der Waals surface area (Å²) in [5.74, 6) is -1.62. The van der Waals surface area contributed by atoms with Crippen molar-refractivity contribution in [2.24, 2.45) is 0 Å².